The van der Waals surface area contributed by atoms with Crippen molar-refractivity contribution < 1.29 is 9.53 Å². The van der Waals surface area contributed by atoms with Gasteiger partial charge >= 0.3 is 0 Å². The zero-order valence-corrected chi connectivity index (χ0v) is 11.7. The van der Waals surface area contributed by atoms with Crippen LogP contribution in [0.1, 0.15) is 11.1 Å². The van der Waals surface area contributed by atoms with E-state index in [4.69, 9.17) is 4.74 Å². The molecule has 0 spiro atoms. The fourth-order valence-electron chi connectivity index (χ4n) is 2.00. The van der Waals surface area contributed by atoms with E-state index in [1.54, 1.807) is 31.5 Å². The lowest BCUT2D eigenvalue weighted by Gasteiger charge is -2.18. The third kappa shape index (κ3) is 3.57. The van der Waals surface area contributed by atoms with Crippen molar-refractivity contribution in [3.63, 3.8) is 0 Å². The number of benzene rings is 1. The second-order valence-corrected chi connectivity index (χ2v) is 4.59. The molecule has 0 saturated carbocycles. The molecule has 4 heteroatoms. The Morgan fingerprint density at radius 1 is 1.20 bits per heavy atom. The maximum atomic E-state index is 12.2. The fourth-order valence-corrected chi connectivity index (χ4v) is 2.00. The molecule has 0 aliphatic carbocycles. The molecule has 0 unspecified atom stereocenters. The van der Waals surface area contributed by atoms with Gasteiger partial charge in [-0.1, -0.05) is 18.2 Å². The van der Waals surface area contributed by atoms with E-state index in [-0.39, 0.29) is 5.91 Å². The molecule has 1 amide bonds. The highest BCUT2D eigenvalue weighted by molar-refractivity contribution is 5.79. The average molecular weight is 270 g/mol. The van der Waals surface area contributed by atoms with Crippen molar-refractivity contribution in [2.45, 2.75) is 13.0 Å². The Bertz CT molecular complexity index is 570. The van der Waals surface area contributed by atoms with Crippen LogP contribution in [-0.2, 0) is 17.8 Å². The first-order chi connectivity index (χ1) is 9.70. The molecule has 20 heavy (non-hydrogen) atoms. The number of carbonyl (C=O) groups excluding carboxylic acids is 1. The molecule has 0 radical (unpaired) electrons. The minimum absolute atomic E-state index is 0.0614. The van der Waals surface area contributed by atoms with Crippen molar-refractivity contribution in [1.82, 2.24) is 9.88 Å². The summed E-state index contributed by atoms with van der Waals surface area (Å²) in [4.78, 5) is 17.9. The highest BCUT2D eigenvalue weighted by atomic mass is 16.5. The molecule has 0 atom stereocenters. The van der Waals surface area contributed by atoms with Crippen LogP contribution in [0.5, 0.6) is 5.75 Å². The van der Waals surface area contributed by atoms with Gasteiger partial charge in [-0.3, -0.25) is 9.78 Å². The standard InChI is InChI=1S/C16H18N2O2/c1-18(12-13-7-9-17-10-8-13)16(19)11-14-5-3-4-6-15(14)20-2/h3-10H,11-12H2,1-2H3. The number of hydrogen-bond acceptors (Lipinski definition) is 3. The predicted octanol–water partition coefficient (Wildman–Crippen LogP) is 2.29. The molecule has 1 aromatic carbocycles. The monoisotopic (exact) mass is 270 g/mol. The highest BCUT2D eigenvalue weighted by Gasteiger charge is 2.12. The van der Waals surface area contributed by atoms with Gasteiger partial charge in [-0.15, -0.1) is 0 Å². The van der Waals surface area contributed by atoms with Gasteiger partial charge in [-0.25, -0.2) is 0 Å². The molecule has 2 aromatic rings. The molecule has 0 N–H and O–H groups in total. The summed E-state index contributed by atoms with van der Waals surface area (Å²) >= 11 is 0. The van der Waals surface area contributed by atoms with Gasteiger partial charge in [0, 0.05) is 31.5 Å². The molecule has 0 bridgehead atoms. The van der Waals surface area contributed by atoms with Crippen LogP contribution in [0.4, 0.5) is 0 Å². The first-order valence-electron chi connectivity index (χ1n) is 6.45. The van der Waals surface area contributed by atoms with Crippen LogP contribution < -0.4 is 4.74 Å². The van der Waals surface area contributed by atoms with Gasteiger partial charge in [0.05, 0.1) is 13.5 Å². The van der Waals surface area contributed by atoms with Gasteiger partial charge in [0.15, 0.2) is 0 Å². The summed E-state index contributed by atoms with van der Waals surface area (Å²) in [6.07, 6.45) is 3.80. The Morgan fingerprint density at radius 2 is 1.90 bits per heavy atom. The van der Waals surface area contributed by atoms with E-state index in [1.165, 1.54) is 0 Å². The summed E-state index contributed by atoms with van der Waals surface area (Å²) in [5.41, 5.74) is 1.97. The maximum absolute atomic E-state index is 12.2. The molecule has 0 saturated heterocycles. The zero-order chi connectivity index (χ0) is 14.4. The van der Waals surface area contributed by atoms with Crippen molar-refractivity contribution in [1.29, 1.82) is 0 Å². The van der Waals surface area contributed by atoms with Crippen LogP contribution in [0.2, 0.25) is 0 Å². The van der Waals surface area contributed by atoms with Crippen molar-refractivity contribution in [2.75, 3.05) is 14.2 Å². The Kier molecular flexibility index (Phi) is 4.71. The number of rotatable bonds is 5. The molecule has 1 heterocycles. The zero-order valence-electron chi connectivity index (χ0n) is 11.7. The van der Waals surface area contributed by atoms with Gasteiger partial charge in [-0.2, -0.15) is 0 Å². The van der Waals surface area contributed by atoms with E-state index in [9.17, 15) is 4.79 Å². The summed E-state index contributed by atoms with van der Waals surface area (Å²) < 4.78 is 5.27. The van der Waals surface area contributed by atoms with Crippen LogP contribution in [0.15, 0.2) is 48.8 Å². The summed E-state index contributed by atoms with van der Waals surface area (Å²) in [6, 6.07) is 11.4. The fraction of sp³-hybridized carbons (Fsp3) is 0.250. The lowest BCUT2D eigenvalue weighted by molar-refractivity contribution is -0.129. The quantitative estimate of drug-likeness (QED) is 0.837. The average Bonchev–Trinajstić information content (AvgIpc) is 2.48. The normalized spacial score (nSPS) is 10.1. The number of amides is 1. The first kappa shape index (κ1) is 14.1. The molecule has 1 aromatic heterocycles. The third-order valence-electron chi connectivity index (χ3n) is 3.13. The Labute approximate surface area is 119 Å². The second-order valence-electron chi connectivity index (χ2n) is 4.59. The van der Waals surface area contributed by atoms with Gasteiger partial charge < -0.3 is 9.64 Å². The third-order valence-corrected chi connectivity index (χ3v) is 3.13. The van der Waals surface area contributed by atoms with E-state index in [1.807, 2.05) is 36.4 Å². The lowest BCUT2D eigenvalue weighted by Crippen LogP contribution is -2.27. The molecule has 104 valence electrons. The number of nitrogens with zero attached hydrogens (tertiary/aromatic N) is 2. The summed E-state index contributed by atoms with van der Waals surface area (Å²) in [6.45, 7) is 0.580. The van der Waals surface area contributed by atoms with E-state index < -0.39 is 0 Å². The summed E-state index contributed by atoms with van der Waals surface area (Å²) in [5, 5.41) is 0. The topological polar surface area (TPSA) is 42.4 Å². The van der Waals surface area contributed by atoms with Crippen LogP contribution >= 0.6 is 0 Å². The predicted molar refractivity (Wildman–Crippen MR) is 77.4 cm³/mol. The van der Waals surface area contributed by atoms with Crippen molar-refractivity contribution in [2.24, 2.45) is 0 Å². The number of para-hydroxylation sites is 1. The number of methoxy groups -OCH3 is 1. The van der Waals surface area contributed by atoms with Crippen LogP contribution in [0, 0.1) is 0 Å². The lowest BCUT2D eigenvalue weighted by atomic mass is 10.1. The van der Waals surface area contributed by atoms with Crippen molar-refractivity contribution >= 4 is 5.91 Å². The van der Waals surface area contributed by atoms with Gasteiger partial charge in [0.25, 0.3) is 0 Å². The molecule has 0 aliphatic heterocycles. The molecule has 2 rings (SSSR count). The Morgan fingerprint density at radius 3 is 2.60 bits per heavy atom. The van der Waals surface area contributed by atoms with Crippen LogP contribution in [-0.4, -0.2) is 29.9 Å². The number of aromatic nitrogens is 1. The number of hydrogen-bond donors (Lipinski definition) is 0. The van der Waals surface area contributed by atoms with Crippen molar-refractivity contribution in [3.05, 3.63) is 59.9 Å². The van der Waals surface area contributed by atoms with Gasteiger partial charge in [0.2, 0.25) is 5.91 Å². The molecule has 4 nitrogen and oxygen atoms in total. The largest absolute Gasteiger partial charge is 0.496 e. The van der Waals surface area contributed by atoms with E-state index in [0.717, 1.165) is 16.9 Å². The molecule has 0 fully saturated rings. The second kappa shape index (κ2) is 6.70. The smallest absolute Gasteiger partial charge is 0.227 e. The number of likely N-dealkylation sites (N-methyl/N-ethyl adjacent to an activating group) is 1. The van der Waals surface area contributed by atoms with E-state index >= 15 is 0 Å². The number of carbonyl (C=O) groups is 1. The highest BCUT2D eigenvalue weighted by Crippen LogP contribution is 2.18. The molecular weight excluding hydrogens is 252 g/mol. The molecule has 0 aliphatic rings. The first-order valence-corrected chi connectivity index (χ1v) is 6.45. The van der Waals surface area contributed by atoms with E-state index in [2.05, 4.69) is 4.98 Å². The summed E-state index contributed by atoms with van der Waals surface area (Å²) in [5.74, 6) is 0.810. The van der Waals surface area contributed by atoms with Gasteiger partial charge in [0.1, 0.15) is 5.75 Å². The maximum Gasteiger partial charge on any atom is 0.227 e. The van der Waals surface area contributed by atoms with E-state index in [0.29, 0.717) is 13.0 Å². The minimum atomic E-state index is 0.0614. The SMILES string of the molecule is COc1ccccc1CC(=O)N(C)Cc1ccncc1. The Hall–Kier alpha value is -2.36. The number of ether oxygens (including phenoxy) is 1. The van der Waals surface area contributed by atoms with Crippen LogP contribution in [0.3, 0.4) is 0 Å². The van der Waals surface area contributed by atoms with Gasteiger partial charge in [-0.05, 0) is 23.8 Å². The van der Waals surface area contributed by atoms with Crippen LogP contribution in [0.25, 0.3) is 0 Å². The Balaban J connectivity index is 2.01. The number of pyridine rings is 1. The van der Waals surface area contributed by atoms with Crippen molar-refractivity contribution in [3.8, 4) is 5.75 Å². The molecular formula is C16H18N2O2. The summed E-state index contributed by atoms with van der Waals surface area (Å²) in [7, 11) is 3.42. The minimum Gasteiger partial charge on any atom is -0.496 e.